The zero-order chi connectivity index (χ0) is 14.8. The molecule has 0 radical (unpaired) electrons. The molecule has 0 aromatic carbocycles. The Labute approximate surface area is 130 Å². The van der Waals surface area contributed by atoms with Gasteiger partial charge in [0.15, 0.2) is 0 Å². The van der Waals surface area contributed by atoms with Crippen LogP contribution in [-0.4, -0.2) is 59.3 Å². The van der Waals surface area contributed by atoms with E-state index < -0.39 is 0 Å². The summed E-state index contributed by atoms with van der Waals surface area (Å²) >= 11 is 0. The largest absolute Gasteiger partial charge is 0.391 e. The van der Waals surface area contributed by atoms with E-state index in [1.54, 1.807) is 0 Å². The number of piperidine rings is 2. The molecule has 3 fully saturated rings. The van der Waals surface area contributed by atoms with Gasteiger partial charge in [-0.3, -0.25) is 4.90 Å². The van der Waals surface area contributed by atoms with Crippen molar-refractivity contribution in [2.45, 2.75) is 77.0 Å². The van der Waals surface area contributed by atoms with Crippen LogP contribution < -0.4 is 0 Å². The van der Waals surface area contributed by atoms with Gasteiger partial charge in [-0.1, -0.05) is 20.3 Å². The summed E-state index contributed by atoms with van der Waals surface area (Å²) in [5.74, 6) is 1.34. The van der Waals surface area contributed by atoms with E-state index in [0.29, 0.717) is 17.9 Å². The Bertz CT molecular complexity index is 309. The first-order chi connectivity index (χ1) is 10.1. The number of aliphatic hydroxyl groups excluding tert-OH is 1. The van der Waals surface area contributed by atoms with Crippen LogP contribution in [0.2, 0.25) is 0 Å². The van der Waals surface area contributed by atoms with Crippen molar-refractivity contribution < 1.29 is 5.11 Å². The Morgan fingerprint density at radius 3 is 2.10 bits per heavy atom. The van der Waals surface area contributed by atoms with Gasteiger partial charge in [-0.15, -0.1) is 0 Å². The topological polar surface area (TPSA) is 26.7 Å². The van der Waals surface area contributed by atoms with Crippen LogP contribution >= 0.6 is 0 Å². The van der Waals surface area contributed by atoms with Crippen LogP contribution in [0.5, 0.6) is 0 Å². The predicted octanol–water partition coefficient (Wildman–Crippen LogP) is 2.73. The van der Waals surface area contributed by atoms with Gasteiger partial charge < -0.3 is 10.0 Å². The standard InChI is InChI=1S/C18H34N2O/c1-14-12-15(2)18(17(21)13-14)20-10-6-16(7-11-20)19-8-4-3-5-9-19/h14-18,21H,3-13H2,1-2H3. The molecule has 0 amide bonds. The molecule has 3 aliphatic rings. The average molecular weight is 294 g/mol. The smallest absolute Gasteiger partial charge is 0.0700 e. The Hall–Kier alpha value is -0.120. The summed E-state index contributed by atoms with van der Waals surface area (Å²) < 4.78 is 0. The molecule has 2 heterocycles. The maximum absolute atomic E-state index is 10.5. The first-order valence-electron chi connectivity index (χ1n) is 9.31. The van der Waals surface area contributed by atoms with Crippen molar-refractivity contribution in [1.82, 2.24) is 9.80 Å². The third-order valence-electron chi connectivity index (χ3n) is 6.22. The normalized spacial score (nSPS) is 41.3. The lowest BCUT2D eigenvalue weighted by atomic mass is 9.76. The number of hydrogen-bond donors (Lipinski definition) is 1. The number of nitrogens with zero attached hydrogens (tertiary/aromatic N) is 2. The van der Waals surface area contributed by atoms with E-state index in [4.69, 9.17) is 0 Å². The molecule has 1 saturated carbocycles. The molecule has 1 N–H and O–H groups in total. The minimum atomic E-state index is -0.102. The van der Waals surface area contributed by atoms with Gasteiger partial charge in [-0.05, 0) is 63.5 Å². The van der Waals surface area contributed by atoms with E-state index >= 15 is 0 Å². The molecule has 2 saturated heterocycles. The number of aliphatic hydroxyl groups is 1. The molecule has 0 aromatic rings. The molecule has 0 spiro atoms. The van der Waals surface area contributed by atoms with Crippen molar-refractivity contribution in [2.24, 2.45) is 11.8 Å². The summed E-state index contributed by atoms with van der Waals surface area (Å²) in [4.78, 5) is 5.35. The Morgan fingerprint density at radius 2 is 1.48 bits per heavy atom. The third kappa shape index (κ3) is 3.62. The first kappa shape index (κ1) is 15.8. The fourth-order valence-electron chi connectivity index (χ4n) is 5.24. The molecule has 2 aliphatic heterocycles. The predicted molar refractivity (Wildman–Crippen MR) is 87.4 cm³/mol. The summed E-state index contributed by atoms with van der Waals surface area (Å²) in [7, 11) is 0. The van der Waals surface area contributed by atoms with Crippen molar-refractivity contribution in [2.75, 3.05) is 26.2 Å². The zero-order valence-corrected chi connectivity index (χ0v) is 14.0. The highest BCUT2D eigenvalue weighted by molar-refractivity contribution is 4.93. The van der Waals surface area contributed by atoms with Crippen LogP contribution in [0.25, 0.3) is 0 Å². The lowest BCUT2D eigenvalue weighted by molar-refractivity contribution is -0.0413. The van der Waals surface area contributed by atoms with E-state index in [9.17, 15) is 5.11 Å². The second-order valence-corrected chi connectivity index (χ2v) is 7.98. The van der Waals surface area contributed by atoms with Crippen LogP contribution in [0.1, 0.15) is 58.8 Å². The molecular formula is C18H34N2O. The summed E-state index contributed by atoms with van der Waals surface area (Å²) in [6.45, 7) is 9.68. The molecule has 3 nitrogen and oxygen atoms in total. The lowest BCUT2D eigenvalue weighted by Gasteiger charge is -2.48. The van der Waals surface area contributed by atoms with Gasteiger partial charge in [0, 0.05) is 25.2 Å². The van der Waals surface area contributed by atoms with Crippen molar-refractivity contribution in [1.29, 1.82) is 0 Å². The van der Waals surface area contributed by atoms with Crippen LogP contribution in [0, 0.1) is 11.8 Å². The van der Waals surface area contributed by atoms with Gasteiger partial charge >= 0.3 is 0 Å². The Balaban J connectivity index is 1.52. The maximum atomic E-state index is 10.5. The van der Waals surface area contributed by atoms with Crippen LogP contribution in [0.15, 0.2) is 0 Å². The highest BCUT2D eigenvalue weighted by atomic mass is 16.3. The Kier molecular flexibility index (Phi) is 5.23. The van der Waals surface area contributed by atoms with E-state index in [-0.39, 0.29) is 6.10 Å². The highest BCUT2D eigenvalue weighted by Gasteiger charge is 2.38. The summed E-state index contributed by atoms with van der Waals surface area (Å²) in [5, 5.41) is 10.5. The average Bonchev–Trinajstić information content (AvgIpc) is 2.48. The van der Waals surface area contributed by atoms with Gasteiger partial charge in [0.1, 0.15) is 0 Å². The first-order valence-corrected chi connectivity index (χ1v) is 9.31. The fraction of sp³-hybridized carbons (Fsp3) is 1.00. The van der Waals surface area contributed by atoms with Crippen molar-refractivity contribution in [3.05, 3.63) is 0 Å². The molecule has 0 bridgehead atoms. The molecule has 3 rings (SSSR count). The third-order valence-corrected chi connectivity index (χ3v) is 6.22. The van der Waals surface area contributed by atoms with Gasteiger partial charge in [-0.25, -0.2) is 0 Å². The molecule has 1 aliphatic carbocycles. The summed E-state index contributed by atoms with van der Waals surface area (Å²) in [6, 6.07) is 1.24. The quantitative estimate of drug-likeness (QED) is 0.848. The van der Waals surface area contributed by atoms with Crippen molar-refractivity contribution in [3.8, 4) is 0 Å². The Morgan fingerprint density at radius 1 is 0.810 bits per heavy atom. The molecule has 3 heteroatoms. The summed E-state index contributed by atoms with van der Waals surface area (Å²) in [6.07, 6.45) is 9.04. The zero-order valence-electron chi connectivity index (χ0n) is 14.0. The second kappa shape index (κ2) is 6.97. The van der Waals surface area contributed by atoms with Gasteiger partial charge in [0.05, 0.1) is 6.10 Å². The van der Waals surface area contributed by atoms with E-state index in [2.05, 4.69) is 23.6 Å². The molecule has 0 aromatic heterocycles. The monoisotopic (exact) mass is 294 g/mol. The maximum Gasteiger partial charge on any atom is 0.0700 e. The number of hydrogen-bond acceptors (Lipinski definition) is 3. The number of rotatable bonds is 2. The molecule has 21 heavy (non-hydrogen) atoms. The minimum absolute atomic E-state index is 0.102. The van der Waals surface area contributed by atoms with E-state index in [1.165, 1.54) is 64.7 Å². The SMILES string of the molecule is CC1CC(C)C(N2CCC(N3CCCCC3)CC2)C(O)C1. The van der Waals surface area contributed by atoms with Crippen molar-refractivity contribution >= 4 is 0 Å². The molecule has 122 valence electrons. The van der Waals surface area contributed by atoms with Crippen LogP contribution in [-0.2, 0) is 0 Å². The van der Waals surface area contributed by atoms with E-state index in [1.807, 2.05) is 0 Å². The minimum Gasteiger partial charge on any atom is -0.391 e. The summed E-state index contributed by atoms with van der Waals surface area (Å²) in [5.41, 5.74) is 0. The molecule has 4 unspecified atom stereocenters. The van der Waals surface area contributed by atoms with Gasteiger partial charge in [0.25, 0.3) is 0 Å². The number of likely N-dealkylation sites (tertiary alicyclic amines) is 2. The highest BCUT2D eigenvalue weighted by Crippen LogP contribution is 2.34. The molecule has 4 atom stereocenters. The van der Waals surface area contributed by atoms with E-state index in [0.717, 1.165) is 12.5 Å². The molecular weight excluding hydrogens is 260 g/mol. The van der Waals surface area contributed by atoms with Gasteiger partial charge in [-0.2, -0.15) is 0 Å². The lowest BCUT2D eigenvalue weighted by Crippen LogP contribution is -2.56. The van der Waals surface area contributed by atoms with Crippen LogP contribution in [0.3, 0.4) is 0 Å². The fourth-order valence-corrected chi connectivity index (χ4v) is 5.24. The van der Waals surface area contributed by atoms with Gasteiger partial charge in [0.2, 0.25) is 0 Å². The second-order valence-electron chi connectivity index (χ2n) is 7.98. The van der Waals surface area contributed by atoms with Crippen LogP contribution in [0.4, 0.5) is 0 Å². The van der Waals surface area contributed by atoms with Crippen molar-refractivity contribution in [3.63, 3.8) is 0 Å².